The van der Waals surface area contributed by atoms with E-state index in [1.807, 2.05) is 0 Å². The predicted octanol–water partition coefficient (Wildman–Crippen LogP) is 3.38. The molecule has 1 heterocycles. The average Bonchev–Trinajstić information content (AvgIpc) is 2.65. The number of amides is 1. The molecule has 0 N–H and O–H groups in total. The average molecular weight is 322 g/mol. The number of hydrogen-bond acceptors (Lipinski definition) is 1. The van der Waals surface area contributed by atoms with Gasteiger partial charge in [-0.1, -0.05) is 6.07 Å². The molecule has 0 spiro atoms. The van der Waals surface area contributed by atoms with Crippen LogP contribution >= 0.6 is 15.9 Å². The number of nitrogens with zero attached hydrogens (tertiary/aromatic N) is 1. The number of hydrogen-bond donors (Lipinski definition) is 0. The number of aryl methyl sites for hydroxylation is 1. The molecule has 0 aromatic heterocycles. The monoisotopic (exact) mass is 321 g/mol. The van der Waals surface area contributed by atoms with Gasteiger partial charge < -0.3 is 4.90 Å². The van der Waals surface area contributed by atoms with Crippen LogP contribution in [-0.4, -0.2) is 29.8 Å². The summed E-state index contributed by atoms with van der Waals surface area (Å²) in [5.74, 6) is -4.27. The Balaban J connectivity index is 2.33. The van der Waals surface area contributed by atoms with E-state index in [2.05, 4.69) is 15.9 Å². The minimum absolute atomic E-state index is 0.0499. The zero-order chi connectivity index (χ0) is 13.5. The molecule has 1 aliphatic rings. The second-order valence-corrected chi connectivity index (χ2v) is 5.18. The molecule has 1 aromatic carbocycles. The second kappa shape index (κ2) is 4.57. The fourth-order valence-electron chi connectivity index (χ4n) is 1.92. The largest absolute Gasteiger partial charge is 0.332 e. The van der Waals surface area contributed by atoms with E-state index in [1.165, 1.54) is 12.1 Å². The molecule has 0 aliphatic carbocycles. The third-order valence-corrected chi connectivity index (χ3v) is 3.98. The zero-order valence-electron chi connectivity index (χ0n) is 9.64. The smallest absolute Gasteiger partial charge is 0.267 e. The molecule has 1 aliphatic heterocycles. The quantitative estimate of drug-likeness (QED) is 0.776. The lowest BCUT2D eigenvalue weighted by Crippen LogP contribution is -2.32. The van der Waals surface area contributed by atoms with Gasteiger partial charge in [0.05, 0.1) is 12.1 Å². The van der Waals surface area contributed by atoms with E-state index in [1.54, 1.807) is 6.92 Å². The van der Waals surface area contributed by atoms with E-state index < -0.39 is 24.2 Å². The summed E-state index contributed by atoms with van der Waals surface area (Å²) in [7, 11) is 0. The van der Waals surface area contributed by atoms with Crippen molar-refractivity contribution in [3.63, 3.8) is 0 Å². The highest BCUT2D eigenvalue weighted by atomic mass is 79.9. The van der Waals surface area contributed by atoms with Crippen LogP contribution < -0.4 is 0 Å². The third kappa shape index (κ3) is 2.39. The van der Waals surface area contributed by atoms with E-state index in [9.17, 15) is 18.0 Å². The first-order valence-electron chi connectivity index (χ1n) is 5.43. The Hall–Kier alpha value is -1.04. The lowest BCUT2D eigenvalue weighted by molar-refractivity contribution is 0.0119. The molecule has 0 bridgehead atoms. The Morgan fingerprint density at radius 2 is 2.11 bits per heavy atom. The van der Waals surface area contributed by atoms with Crippen LogP contribution in [0.2, 0.25) is 0 Å². The molecule has 1 saturated heterocycles. The normalized spacial score (nSPS) is 18.2. The van der Waals surface area contributed by atoms with E-state index in [4.69, 9.17) is 0 Å². The lowest BCUT2D eigenvalue weighted by atomic mass is 10.1. The number of carbonyl (C=O) groups is 1. The van der Waals surface area contributed by atoms with E-state index in [-0.39, 0.29) is 18.5 Å². The molecule has 0 saturated carbocycles. The summed E-state index contributed by atoms with van der Waals surface area (Å²) in [5.41, 5.74) is 0.512. The highest BCUT2D eigenvalue weighted by molar-refractivity contribution is 9.10. The molecule has 1 fully saturated rings. The molecule has 1 aromatic rings. The first-order valence-corrected chi connectivity index (χ1v) is 6.23. The number of alkyl halides is 2. The molecule has 6 heteroatoms. The Bertz CT molecular complexity index is 504. The summed E-state index contributed by atoms with van der Waals surface area (Å²) in [6, 6.07) is 2.69. The maximum Gasteiger partial charge on any atom is 0.267 e. The molecule has 0 atom stereocenters. The van der Waals surface area contributed by atoms with Crippen molar-refractivity contribution in [1.29, 1.82) is 0 Å². The van der Waals surface area contributed by atoms with Crippen LogP contribution in [0.3, 0.4) is 0 Å². The second-order valence-electron chi connectivity index (χ2n) is 4.39. The van der Waals surface area contributed by atoms with Crippen LogP contribution in [-0.2, 0) is 0 Å². The summed E-state index contributed by atoms with van der Waals surface area (Å²) in [4.78, 5) is 13.0. The van der Waals surface area contributed by atoms with E-state index >= 15 is 0 Å². The molecule has 98 valence electrons. The van der Waals surface area contributed by atoms with Crippen molar-refractivity contribution in [2.75, 3.05) is 13.1 Å². The van der Waals surface area contributed by atoms with Gasteiger partial charge in [-0.2, -0.15) is 0 Å². The van der Waals surface area contributed by atoms with Crippen molar-refractivity contribution in [3.8, 4) is 0 Å². The van der Waals surface area contributed by atoms with Crippen LogP contribution in [0.1, 0.15) is 22.3 Å². The van der Waals surface area contributed by atoms with E-state index in [0.717, 1.165) is 4.90 Å². The van der Waals surface area contributed by atoms with Crippen molar-refractivity contribution in [1.82, 2.24) is 4.90 Å². The van der Waals surface area contributed by atoms with Crippen molar-refractivity contribution in [2.45, 2.75) is 19.3 Å². The molecule has 0 radical (unpaired) electrons. The molecule has 18 heavy (non-hydrogen) atoms. The van der Waals surface area contributed by atoms with Crippen LogP contribution in [0.25, 0.3) is 0 Å². The van der Waals surface area contributed by atoms with Crippen molar-refractivity contribution < 1.29 is 18.0 Å². The zero-order valence-corrected chi connectivity index (χ0v) is 11.2. The first-order chi connectivity index (χ1) is 8.32. The summed E-state index contributed by atoms with van der Waals surface area (Å²) < 4.78 is 40.1. The Kier molecular flexibility index (Phi) is 3.40. The van der Waals surface area contributed by atoms with Gasteiger partial charge in [-0.15, -0.1) is 0 Å². The number of likely N-dealkylation sites (tertiary alicyclic amines) is 1. The summed E-state index contributed by atoms with van der Waals surface area (Å²) in [6.07, 6.45) is -0.371. The molecule has 2 nitrogen and oxygen atoms in total. The van der Waals surface area contributed by atoms with Gasteiger partial charge in [0.2, 0.25) is 0 Å². The van der Waals surface area contributed by atoms with Gasteiger partial charge in [-0.05, 0) is 34.5 Å². The Morgan fingerprint density at radius 1 is 1.44 bits per heavy atom. The number of benzene rings is 1. The highest BCUT2D eigenvalue weighted by Gasteiger charge is 2.41. The molecule has 0 unspecified atom stereocenters. The summed E-state index contributed by atoms with van der Waals surface area (Å²) in [6.45, 7) is 1.01. The lowest BCUT2D eigenvalue weighted by Gasteiger charge is -2.18. The van der Waals surface area contributed by atoms with E-state index in [0.29, 0.717) is 10.0 Å². The van der Waals surface area contributed by atoms with Gasteiger partial charge in [-0.25, -0.2) is 13.2 Å². The highest BCUT2D eigenvalue weighted by Crippen LogP contribution is 2.31. The fraction of sp³-hybridized carbons (Fsp3) is 0.417. The van der Waals surface area contributed by atoms with Gasteiger partial charge in [-0.3, -0.25) is 4.79 Å². The minimum Gasteiger partial charge on any atom is -0.332 e. The van der Waals surface area contributed by atoms with Crippen LogP contribution in [0.5, 0.6) is 0 Å². The SMILES string of the molecule is Cc1ccc(F)c(C(=O)N2CCC(F)(F)C2)c1Br. The van der Waals surface area contributed by atoms with Gasteiger partial charge in [0.25, 0.3) is 11.8 Å². The van der Waals surface area contributed by atoms with Gasteiger partial charge >= 0.3 is 0 Å². The van der Waals surface area contributed by atoms with Crippen LogP contribution in [0, 0.1) is 12.7 Å². The molecular weight excluding hydrogens is 311 g/mol. The van der Waals surface area contributed by atoms with Gasteiger partial charge in [0.1, 0.15) is 5.82 Å². The Morgan fingerprint density at radius 3 is 2.67 bits per heavy atom. The van der Waals surface area contributed by atoms with Crippen molar-refractivity contribution in [2.24, 2.45) is 0 Å². The number of carbonyl (C=O) groups excluding carboxylic acids is 1. The van der Waals surface area contributed by atoms with Crippen molar-refractivity contribution in [3.05, 3.63) is 33.5 Å². The standard InChI is InChI=1S/C12H11BrF3NO/c1-7-2-3-8(14)9(10(7)13)11(18)17-5-4-12(15,16)6-17/h2-3H,4-6H2,1H3. The molecule has 2 rings (SSSR count). The maximum atomic E-state index is 13.7. The topological polar surface area (TPSA) is 20.3 Å². The van der Waals surface area contributed by atoms with Gasteiger partial charge in [0.15, 0.2) is 0 Å². The predicted molar refractivity (Wildman–Crippen MR) is 64.3 cm³/mol. The maximum absolute atomic E-state index is 13.7. The molecular formula is C12H11BrF3NO. The Labute approximate surface area is 111 Å². The van der Waals surface area contributed by atoms with Crippen molar-refractivity contribution >= 4 is 21.8 Å². The third-order valence-electron chi connectivity index (χ3n) is 2.95. The summed E-state index contributed by atoms with van der Waals surface area (Å²) >= 11 is 3.13. The summed E-state index contributed by atoms with van der Waals surface area (Å²) in [5, 5.41) is 0. The fourth-order valence-corrected chi connectivity index (χ4v) is 2.41. The van der Waals surface area contributed by atoms with Gasteiger partial charge in [0, 0.05) is 17.4 Å². The molecule has 1 amide bonds. The number of rotatable bonds is 1. The minimum atomic E-state index is -2.87. The van der Waals surface area contributed by atoms with Crippen LogP contribution in [0.4, 0.5) is 13.2 Å². The first kappa shape index (κ1) is 13.4. The number of halogens is 4. The van der Waals surface area contributed by atoms with Crippen LogP contribution in [0.15, 0.2) is 16.6 Å².